The molecule has 0 radical (unpaired) electrons. The summed E-state index contributed by atoms with van der Waals surface area (Å²) in [6.07, 6.45) is 2.21. The first-order valence-corrected chi connectivity index (χ1v) is 4.92. The molecule has 0 aliphatic carbocycles. The Hall–Kier alpha value is -2.50. The SMILES string of the molecule is Cn1nccc1-c1cc(NC=O)ccc1N=O. The molecule has 17 heavy (non-hydrogen) atoms. The Balaban J connectivity index is 2.57. The molecular formula is C11H10N4O2. The summed E-state index contributed by atoms with van der Waals surface area (Å²) in [6, 6.07) is 6.63. The van der Waals surface area contributed by atoms with E-state index in [1.165, 1.54) is 0 Å². The molecule has 2 rings (SSSR count). The van der Waals surface area contributed by atoms with Crippen LogP contribution in [0.2, 0.25) is 0 Å². The quantitative estimate of drug-likeness (QED) is 0.645. The maximum Gasteiger partial charge on any atom is 0.211 e. The van der Waals surface area contributed by atoms with Crippen molar-refractivity contribution in [3.05, 3.63) is 35.4 Å². The number of carbonyl (C=O) groups is 1. The van der Waals surface area contributed by atoms with Gasteiger partial charge in [0.25, 0.3) is 0 Å². The molecule has 86 valence electrons. The average molecular weight is 230 g/mol. The van der Waals surface area contributed by atoms with Crippen molar-refractivity contribution in [2.24, 2.45) is 12.2 Å². The van der Waals surface area contributed by atoms with Crippen LogP contribution in [0.5, 0.6) is 0 Å². The van der Waals surface area contributed by atoms with E-state index in [1.54, 1.807) is 42.2 Å². The van der Waals surface area contributed by atoms with Gasteiger partial charge in [-0.05, 0) is 29.4 Å². The van der Waals surface area contributed by atoms with Gasteiger partial charge in [0.1, 0.15) is 5.69 Å². The van der Waals surface area contributed by atoms with Gasteiger partial charge >= 0.3 is 0 Å². The van der Waals surface area contributed by atoms with E-state index in [9.17, 15) is 9.70 Å². The van der Waals surface area contributed by atoms with Crippen molar-refractivity contribution < 1.29 is 4.79 Å². The number of aryl methyl sites for hydroxylation is 1. The number of rotatable bonds is 4. The molecule has 6 heteroatoms. The number of nitroso groups, excluding NO2 is 1. The highest BCUT2D eigenvalue weighted by Crippen LogP contribution is 2.32. The molecule has 0 bridgehead atoms. The maximum atomic E-state index is 10.7. The van der Waals surface area contributed by atoms with Crippen molar-refractivity contribution in [2.45, 2.75) is 0 Å². The van der Waals surface area contributed by atoms with Gasteiger partial charge in [0.15, 0.2) is 0 Å². The topological polar surface area (TPSA) is 76.3 Å². The lowest BCUT2D eigenvalue weighted by atomic mass is 10.1. The Morgan fingerprint density at radius 3 is 2.82 bits per heavy atom. The molecule has 1 N–H and O–H groups in total. The van der Waals surface area contributed by atoms with Crippen LogP contribution < -0.4 is 5.32 Å². The van der Waals surface area contributed by atoms with Crippen LogP contribution in [0, 0.1) is 4.91 Å². The van der Waals surface area contributed by atoms with E-state index < -0.39 is 0 Å². The van der Waals surface area contributed by atoms with Crippen LogP contribution >= 0.6 is 0 Å². The molecule has 1 aromatic carbocycles. The zero-order chi connectivity index (χ0) is 12.3. The summed E-state index contributed by atoms with van der Waals surface area (Å²) in [7, 11) is 1.77. The number of anilines is 1. The Kier molecular flexibility index (Phi) is 2.95. The second-order valence-corrected chi connectivity index (χ2v) is 3.43. The van der Waals surface area contributed by atoms with E-state index >= 15 is 0 Å². The molecule has 2 aromatic rings. The molecule has 0 unspecified atom stereocenters. The standard InChI is InChI=1S/C11H10N4O2/c1-15-11(4-5-13-15)9-6-8(12-7-16)2-3-10(9)14-17/h2-7H,1H3,(H,12,16). The number of hydrogen-bond donors (Lipinski definition) is 1. The average Bonchev–Trinajstić information content (AvgIpc) is 2.76. The third kappa shape index (κ3) is 2.05. The third-order valence-electron chi connectivity index (χ3n) is 2.42. The Morgan fingerprint density at radius 2 is 2.24 bits per heavy atom. The largest absolute Gasteiger partial charge is 0.329 e. The minimum atomic E-state index is 0.310. The Bertz CT molecular complexity index is 562. The van der Waals surface area contributed by atoms with Gasteiger partial charge in [0.05, 0.1) is 5.69 Å². The van der Waals surface area contributed by atoms with Crippen molar-refractivity contribution >= 4 is 17.8 Å². The zero-order valence-corrected chi connectivity index (χ0v) is 9.12. The van der Waals surface area contributed by atoms with Crippen LogP contribution in [-0.2, 0) is 11.8 Å². The number of benzene rings is 1. The number of hydrogen-bond acceptors (Lipinski definition) is 4. The van der Waals surface area contributed by atoms with Crippen molar-refractivity contribution in [1.82, 2.24) is 9.78 Å². The maximum absolute atomic E-state index is 10.7. The van der Waals surface area contributed by atoms with Gasteiger partial charge in [-0.15, -0.1) is 4.91 Å². The first-order chi connectivity index (χ1) is 8.26. The second-order valence-electron chi connectivity index (χ2n) is 3.43. The smallest absolute Gasteiger partial charge is 0.211 e. The number of nitrogens with zero attached hydrogens (tertiary/aromatic N) is 3. The highest BCUT2D eigenvalue weighted by Gasteiger charge is 2.10. The molecule has 0 saturated heterocycles. The zero-order valence-electron chi connectivity index (χ0n) is 9.12. The van der Waals surface area contributed by atoms with Gasteiger partial charge in [-0.2, -0.15) is 5.10 Å². The van der Waals surface area contributed by atoms with Gasteiger partial charge in [-0.25, -0.2) is 0 Å². The highest BCUT2D eigenvalue weighted by atomic mass is 16.3. The predicted octanol–water partition coefficient (Wildman–Crippen LogP) is 2.05. The number of carbonyl (C=O) groups excluding carboxylic acids is 1. The van der Waals surface area contributed by atoms with Gasteiger partial charge in [-0.3, -0.25) is 9.48 Å². The second kappa shape index (κ2) is 4.56. The summed E-state index contributed by atoms with van der Waals surface area (Å²) in [5, 5.41) is 9.52. The van der Waals surface area contributed by atoms with Gasteiger partial charge in [-0.1, -0.05) is 0 Å². The predicted molar refractivity (Wildman–Crippen MR) is 63.8 cm³/mol. The molecule has 0 aliphatic heterocycles. The molecule has 0 atom stereocenters. The number of nitrogens with one attached hydrogen (secondary N) is 1. The molecule has 0 spiro atoms. The Labute approximate surface area is 97.2 Å². The minimum Gasteiger partial charge on any atom is -0.329 e. The molecular weight excluding hydrogens is 220 g/mol. The third-order valence-corrected chi connectivity index (χ3v) is 2.42. The lowest BCUT2D eigenvalue weighted by molar-refractivity contribution is -0.105. The van der Waals surface area contributed by atoms with E-state index in [-0.39, 0.29) is 0 Å². The normalized spacial score (nSPS) is 9.94. The van der Waals surface area contributed by atoms with Crippen LogP contribution in [0.1, 0.15) is 0 Å². The van der Waals surface area contributed by atoms with Crippen LogP contribution in [0.3, 0.4) is 0 Å². The fourth-order valence-corrected chi connectivity index (χ4v) is 1.62. The van der Waals surface area contributed by atoms with E-state index in [0.29, 0.717) is 23.3 Å². The molecule has 1 amide bonds. The molecule has 1 aromatic heterocycles. The van der Waals surface area contributed by atoms with Gasteiger partial charge in [0, 0.05) is 24.5 Å². The van der Waals surface area contributed by atoms with Gasteiger partial charge in [0.2, 0.25) is 6.41 Å². The molecule has 0 aliphatic rings. The van der Waals surface area contributed by atoms with Crippen molar-refractivity contribution in [3.63, 3.8) is 0 Å². The summed E-state index contributed by atoms with van der Waals surface area (Å²) < 4.78 is 1.63. The van der Waals surface area contributed by atoms with Crippen LogP contribution in [0.25, 0.3) is 11.3 Å². The highest BCUT2D eigenvalue weighted by molar-refractivity contribution is 5.81. The van der Waals surface area contributed by atoms with Crippen molar-refractivity contribution in [1.29, 1.82) is 0 Å². The first kappa shape index (κ1) is 11.0. The van der Waals surface area contributed by atoms with Crippen molar-refractivity contribution in [2.75, 3.05) is 5.32 Å². The van der Waals surface area contributed by atoms with Crippen LogP contribution in [0.4, 0.5) is 11.4 Å². The summed E-state index contributed by atoms with van der Waals surface area (Å²) in [6.45, 7) is 0. The lowest BCUT2D eigenvalue weighted by Gasteiger charge is -2.06. The summed E-state index contributed by atoms with van der Waals surface area (Å²) in [5.41, 5.74) is 2.30. The van der Waals surface area contributed by atoms with Crippen molar-refractivity contribution in [3.8, 4) is 11.3 Å². The molecule has 6 nitrogen and oxygen atoms in total. The molecule has 0 fully saturated rings. The first-order valence-electron chi connectivity index (χ1n) is 4.92. The van der Waals surface area contributed by atoms with E-state index in [1.807, 2.05) is 0 Å². The van der Waals surface area contributed by atoms with E-state index in [2.05, 4.69) is 15.6 Å². The molecule has 1 heterocycles. The van der Waals surface area contributed by atoms with E-state index in [4.69, 9.17) is 0 Å². The van der Waals surface area contributed by atoms with Crippen LogP contribution in [-0.4, -0.2) is 16.2 Å². The summed E-state index contributed by atoms with van der Waals surface area (Å²) in [5.74, 6) is 0. The summed E-state index contributed by atoms with van der Waals surface area (Å²) in [4.78, 5) is 21.1. The minimum absolute atomic E-state index is 0.310. The fraction of sp³-hybridized carbons (Fsp3) is 0.0909. The fourth-order valence-electron chi connectivity index (χ4n) is 1.62. The van der Waals surface area contributed by atoms with Crippen LogP contribution in [0.15, 0.2) is 35.6 Å². The van der Waals surface area contributed by atoms with E-state index in [0.717, 1.165) is 5.69 Å². The number of aromatic nitrogens is 2. The van der Waals surface area contributed by atoms with Gasteiger partial charge < -0.3 is 5.32 Å². The monoisotopic (exact) mass is 230 g/mol. The summed E-state index contributed by atoms with van der Waals surface area (Å²) >= 11 is 0. The number of amides is 1. The lowest BCUT2D eigenvalue weighted by Crippen LogP contribution is -1.96. The Morgan fingerprint density at radius 1 is 1.41 bits per heavy atom. The molecule has 0 saturated carbocycles.